The predicted octanol–water partition coefficient (Wildman–Crippen LogP) is 5.23. The molecule has 0 aromatic heterocycles. The number of hydrogen-bond acceptors (Lipinski definition) is 2. The predicted molar refractivity (Wildman–Crippen MR) is 99.2 cm³/mol. The summed E-state index contributed by atoms with van der Waals surface area (Å²) in [5.41, 5.74) is 3.62. The molecule has 0 aromatic carbocycles. The van der Waals surface area contributed by atoms with Crippen LogP contribution in [0.3, 0.4) is 0 Å². The number of hydrogen-bond donors (Lipinski definition) is 0. The average Bonchev–Trinajstić information content (AvgIpc) is 3.20. The van der Waals surface area contributed by atoms with Gasteiger partial charge in [-0.2, -0.15) is 0 Å². The number of ether oxygens (including phenoxy) is 1. The fraction of sp³-hybridized carbons (Fsp3) is 0.783. The summed E-state index contributed by atoms with van der Waals surface area (Å²) in [6.45, 7) is 5.73. The van der Waals surface area contributed by atoms with Gasteiger partial charge < -0.3 is 4.74 Å². The molecule has 6 atom stereocenters. The van der Waals surface area contributed by atoms with Crippen molar-refractivity contribution in [2.24, 2.45) is 29.1 Å². The molecule has 2 nitrogen and oxygen atoms in total. The summed E-state index contributed by atoms with van der Waals surface area (Å²) in [6.07, 6.45) is 14.9. The summed E-state index contributed by atoms with van der Waals surface area (Å²) < 4.78 is 6.38. The van der Waals surface area contributed by atoms with Gasteiger partial charge in [-0.25, -0.2) is 0 Å². The number of ketones is 1. The summed E-state index contributed by atoms with van der Waals surface area (Å²) in [7, 11) is 0. The van der Waals surface area contributed by atoms with Crippen LogP contribution in [0, 0.1) is 29.1 Å². The van der Waals surface area contributed by atoms with E-state index in [9.17, 15) is 4.79 Å². The molecule has 4 aliphatic carbocycles. The Morgan fingerprint density at radius 3 is 2.88 bits per heavy atom. The Labute approximate surface area is 152 Å². The normalized spacial score (nSPS) is 48.6. The second kappa shape index (κ2) is 5.55. The van der Waals surface area contributed by atoms with Gasteiger partial charge in [0.25, 0.3) is 0 Å². The van der Waals surface area contributed by atoms with E-state index in [1.165, 1.54) is 38.5 Å². The van der Waals surface area contributed by atoms with Crippen LogP contribution in [-0.4, -0.2) is 18.0 Å². The fourth-order valence-electron chi connectivity index (χ4n) is 7.70. The molecule has 0 bridgehead atoms. The molecule has 25 heavy (non-hydrogen) atoms. The molecule has 5 rings (SSSR count). The Morgan fingerprint density at radius 2 is 2.12 bits per heavy atom. The lowest BCUT2D eigenvalue weighted by atomic mass is 9.49. The summed E-state index contributed by atoms with van der Waals surface area (Å²) in [6, 6.07) is 0. The van der Waals surface area contributed by atoms with Crippen LogP contribution in [0.4, 0.5) is 0 Å². The van der Waals surface area contributed by atoms with E-state index in [1.807, 2.05) is 0 Å². The standard InChI is InChI=1S/C23H32O2/c1-3-15-13-16-14-17(24)5-6-18(16)19-7-10-22(2)20(21(15)19)8-11-23(22)9-4-12-25-23/h4,9,15,19-21H,3,5-8,10-14H2,1-2H3/t15-,19?,20?,21?,22-,23-/m0/s1. The van der Waals surface area contributed by atoms with Crippen LogP contribution in [0.2, 0.25) is 0 Å². The zero-order valence-electron chi connectivity index (χ0n) is 15.9. The van der Waals surface area contributed by atoms with Crippen molar-refractivity contribution in [3.05, 3.63) is 23.3 Å². The quantitative estimate of drug-likeness (QED) is 0.611. The lowest BCUT2D eigenvalue weighted by molar-refractivity contribution is -0.120. The van der Waals surface area contributed by atoms with E-state index in [2.05, 4.69) is 26.0 Å². The molecule has 0 amide bonds. The first-order valence-electron chi connectivity index (χ1n) is 10.6. The molecule has 1 spiro atoms. The summed E-state index contributed by atoms with van der Waals surface area (Å²) >= 11 is 0. The third-order valence-corrected chi connectivity index (χ3v) is 8.90. The van der Waals surface area contributed by atoms with Crippen molar-refractivity contribution in [3.63, 3.8) is 0 Å². The zero-order valence-corrected chi connectivity index (χ0v) is 15.9. The first-order chi connectivity index (χ1) is 12.1. The van der Waals surface area contributed by atoms with Crippen molar-refractivity contribution in [2.75, 3.05) is 6.61 Å². The lowest BCUT2D eigenvalue weighted by Gasteiger charge is -2.56. The van der Waals surface area contributed by atoms with E-state index in [1.54, 1.807) is 11.1 Å². The largest absolute Gasteiger partial charge is 0.366 e. The first kappa shape index (κ1) is 16.3. The second-order valence-electron chi connectivity index (χ2n) is 9.60. The summed E-state index contributed by atoms with van der Waals surface area (Å²) in [5.74, 6) is 3.65. The van der Waals surface area contributed by atoms with Crippen molar-refractivity contribution < 1.29 is 9.53 Å². The molecule has 0 radical (unpaired) electrons. The molecule has 136 valence electrons. The number of rotatable bonds is 1. The highest BCUT2D eigenvalue weighted by Crippen LogP contribution is 2.67. The van der Waals surface area contributed by atoms with Crippen LogP contribution in [-0.2, 0) is 9.53 Å². The highest BCUT2D eigenvalue weighted by molar-refractivity contribution is 5.82. The highest BCUT2D eigenvalue weighted by Gasteiger charge is 2.63. The van der Waals surface area contributed by atoms with Crippen LogP contribution >= 0.6 is 0 Å². The Kier molecular flexibility index (Phi) is 3.62. The number of carbonyl (C=O) groups is 1. The van der Waals surface area contributed by atoms with Crippen molar-refractivity contribution in [1.82, 2.24) is 0 Å². The SMILES string of the molecule is CC[C@H]1CC2=C(CCC(=O)C2)C2CC[C@@]3(C)C(CC[C@@]34C=CCO4)C21. The molecule has 3 unspecified atom stereocenters. The Bertz CT molecular complexity index is 659. The molecular weight excluding hydrogens is 308 g/mol. The van der Waals surface area contributed by atoms with E-state index >= 15 is 0 Å². The van der Waals surface area contributed by atoms with E-state index < -0.39 is 0 Å². The minimum atomic E-state index is 0.0259. The molecule has 1 aliphatic heterocycles. The topological polar surface area (TPSA) is 26.3 Å². The number of allylic oxidation sites excluding steroid dienone is 2. The van der Waals surface area contributed by atoms with Crippen molar-refractivity contribution in [2.45, 2.75) is 77.2 Å². The average molecular weight is 341 g/mol. The van der Waals surface area contributed by atoms with Gasteiger partial charge in [0.2, 0.25) is 0 Å². The zero-order chi connectivity index (χ0) is 17.2. The van der Waals surface area contributed by atoms with Crippen LogP contribution in [0.15, 0.2) is 23.3 Å². The monoisotopic (exact) mass is 340 g/mol. The summed E-state index contributed by atoms with van der Waals surface area (Å²) in [4.78, 5) is 12.0. The van der Waals surface area contributed by atoms with Gasteiger partial charge in [0, 0.05) is 18.3 Å². The first-order valence-corrected chi connectivity index (χ1v) is 10.6. The maximum atomic E-state index is 12.0. The van der Waals surface area contributed by atoms with Crippen LogP contribution in [0.5, 0.6) is 0 Å². The summed E-state index contributed by atoms with van der Waals surface area (Å²) in [5, 5.41) is 0. The Morgan fingerprint density at radius 1 is 1.24 bits per heavy atom. The molecule has 2 saturated carbocycles. The second-order valence-corrected chi connectivity index (χ2v) is 9.60. The van der Waals surface area contributed by atoms with Crippen LogP contribution < -0.4 is 0 Å². The van der Waals surface area contributed by atoms with E-state index in [4.69, 9.17) is 4.74 Å². The lowest BCUT2D eigenvalue weighted by Crippen LogP contribution is -2.52. The molecule has 0 aromatic rings. The molecule has 1 heterocycles. The van der Waals surface area contributed by atoms with E-state index in [-0.39, 0.29) is 5.60 Å². The minimum Gasteiger partial charge on any atom is -0.366 e. The maximum absolute atomic E-state index is 12.0. The molecule has 0 N–H and O–H groups in total. The van der Waals surface area contributed by atoms with Gasteiger partial charge in [0.05, 0.1) is 12.2 Å². The molecule has 2 fully saturated rings. The van der Waals surface area contributed by atoms with Gasteiger partial charge in [-0.15, -0.1) is 0 Å². The van der Waals surface area contributed by atoms with Crippen LogP contribution in [0.1, 0.15) is 71.6 Å². The van der Waals surface area contributed by atoms with Gasteiger partial charge >= 0.3 is 0 Å². The number of fused-ring (bicyclic) bond motifs is 5. The van der Waals surface area contributed by atoms with Crippen molar-refractivity contribution >= 4 is 5.78 Å². The molecule has 2 heteroatoms. The van der Waals surface area contributed by atoms with Crippen molar-refractivity contribution in [1.29, 1.82) is 0 Å². The van der Waals surface area contributed by atoms with Gasteiger partial charge in [0.1, 0.15) is 5.78 Å². The Hall–Kier alpha value is -0.890. The highest BCUT2D eigenvalue weighted by atomic mass is 16.5. The van der Waals surface area contributed by atoms with Crippen molar-refractivity contribution in [3.8, 4) is 0 Å². The third-order valence-electron chi connectivity index (χ3n) is 8.90. The molecule has 0 saturated heterocycles. The van der Waals surface area contributed by atoms with Gasteiger partial charge in [-0.1, -0.05) is 43.6 Å². The van der Waals surface area contributed by atoms with Crippen LogP contribution in [0.25, 0.3) is 0 Å². The van der Waals surface area contributed by atoms with E-state index in [0.717, 1.165) is 49.5 Å². The van der Waals surface area contributed by atoms with Gasteiger partial charge in [-0.05, 0) is 62.2 Å². The smallest absolute Gasteiger partial charge is 0.137 e. The van der Waals surface area contributed by atoms with Gasteiger partial charge in [0.15, 0.2) is 0 Å². The van der Waals surface area contributed by atoms with Gasteiger partial charge in [-0.3, -0.25) is 4.79 Å². The Balaban J connectivity index is 1.54. The number of carbonyl (C=O) groups excluding carboxylic acids is 1. The molecule has 5 aliphatic rings. The fourth-order valence-corrected chi connectivity index (χ4v) is 7.70. The maximum Gasteiger partial charge on any atom is 0.137 e. The molecular formula is C23H32O2. The van der Waals surface area contributed by atoms with E-state index in [0.29, 0.717) is 11.2 Å². The third kappa shape index (κ3) is 2.10. The number of Topliss-reactive ketones (excluding diaryl/α,β-unsaturated/α-hetero) is 1. The minimum absolute atomic E-state index is 0.0259.